The summed E-state index contributed by atoms with van der Waals surface area (Å²) in [4.78, 5) is 14.6. The van der Waals surface area contributed by atoms with E-state index in [0.717, 1.165) is 43.0 Å². The van der Waals surface area contributed by atoms with Gasteiger partial charge in [0, 0.05) is 25.9 Å². The molecular weight excluding hydrogens is 306 g/mol. The highest BCUT2D eigenvalue weighted by Gasteiger charge is 2.25. The Labute approximate surface area is 142 Å². The monoisotopic (exact) mass is 331 g/mol. The van der Waals surface area contributed by atoms with E-state index in [-0.39, 0.29) is 5.91 Å². The van der Waals surface area contributed by atoms with Gasteiger partial charge in [0.15, 0.2) is 0 Å². The van der Waals surface area contributed by atoms with Crippen molar-refractivity contribution in [3.05, 3.63) is 34.9 Å². The molecule has 0 spiro atoms. The van der Waals surface area contributed by atoms with Crippen molar-refractivity contribution in [2.75, 3.05) is 26.8 Å². The van der Waals surface area contributed by atoms with Crippen LogP contribution < -0.4 is 0 Å². The maximum Gasteiger partial charge on any atom is 0.274 e. The fraction of sp³-hybridized carbons (Fsp3) is 0.588. The van der Waals surface area contributed by atoms with E-state index < -0.39 is 0 Å². The summed E-state index contributed by atoms with van der Waals surface area (Å²) in [6.45, 7) is 6.81. The van der Waals surface area contributed by atoms with Gasteiger partial charge in [-0.2, -0.15) is 10.2 Å². The molecule has 7 heteroatoms. The van der Waals surface area contributed by atoms with E-state index in [1.54, 1.807) is 7.11 Å². The number of hydrogen-bond donors (Lipinski definition) is 1. The number of H-pyrrole nitrogens is 1. The van der Waals surface area contributed by atoms with Crippen molar-refractivity contribution in [3.63, 3.8) is 0 Å². The van der Waals surface area contributed by atoms with Crippen LogP contribution in [0.25, 0.3) is 0 Å². The molecule has 1 aliphatic heterocycles. The summed E-state index contributed by atoms with van der Waals surface area (Å²) in [5.74, 6) is 0.410. The van der Waals surface area contributed by atoms with Crippen LogP contribution >= 0.6 is 0 Å². The van der Waals surface area contributed by atoms with Crippen molar-refractivity contribution >= 4 is 5.91 Å². The molecule has 1 atom stereocenters. The number of carbonyl (C=O) groups is 1. The normalized spacial score (nSPS) is 18.1. The highest BCUT2D eigenvalue weighted by Crippen LogP contribution is 2.18. The molecule has 0 bridgehead atoms. The van der Waals surface area contributed by atoms with Crippen molar-refractivity contribution < 1.29 is 9.53 Å². The van der Waals surface area contributed by atoms with Gasteiger partial charge in [0.1, 0.15) is 5.69 Å². The van der Waals surface area contributed by atoms with Crippen LogP contribution in [0.15, 0.2) is 12.1 Å². The lowest BCUT2D eigenvalue weighted by Crippen LogP contribution is -2.41. The Kier molecular flexibility index (Phi) is 4.99. The molecule has 1 fully saturated rings. The molecule has 2 aromatic heterocycles. The lowest BCUT2D eigenvalue weighted by molar-refractivity contribution is 0.0565. The minimum Gasteiger partial charge on any atom is -0.384 e. The Morgan fingerprint density at radius 1 is 1.42 bits per heavy atom. The first-order valence-electron chi connectivity index (χ1n) is 8.40. The Morgan fingerprint density at radius 2 is 2.25 bits per heavy atom. The van der Waals surface area contributed by atoms with Crippen LogP contribution in [-0.4, -0.2) is 57.6 Å². The number of ether oxygens (including phenoxy) is 1. The molecule has 3 heterocycles. The third-order valence-electron chi connectivity index (χ3n) is 4.48. The number of aryl methyl sites for hydroxylation is 2. The number of amides is 1. The summed E-state index contributed by atoms with van der Waals surface area (Å²) in [6.07, 6.45) is 2.13. The summed E-state index contributed by atoms with van der Waals surface area (Å²) in [7, 11) is 1.71. The summed E-state index contributed by atoms with van der Waals surface area (Å²) < 4.78 is 7.14. The summed E-state index contributed by atoms with van der Waals surface area (Å²) in [5, 5.41) is 11.6. The Balaban J connectivity index is 1.66. The van der Waals surface area contributed by atoms with Gasteiger partial charge in [0.05, 0.1) is 24.5 Å². The maximum absolute atomic E-state index is 12.7. The molecule has 0 aliphatic carbocycles. The van der Waals surface area contributed by atoms with Gasteiger partial charge in [0.2, 0.25) is 0 Å². The van der Waals surface area contributed by atoms with Gasteiger partial charge in [-0.3, -0.25) is 14.6 Å². The van der Waals surface area contributed by atoms with Crippen LogP contribution in [0.3, 0.4) is 0 Å². The first-order chi connectivity index (χ1) is 11.6. The molecular formula is C17H25N5O2. The fourth-order valence-electron chi connectivity index (χ4n) is 3.33. The van der Waals surface area contributed by atoms with Crippen molar-refractivity contribution in [2.45, 2.75) is 33.2 Å². The number of rotatable bonds is 5. The molecule has 2 aromatic rings. The number of aromatic nitrogens is 4. The number of nitrogens with one attached hydrogen (secondary N) is 1. The van der Waals surface area contributed by atoms with E-state index in [9.17, 15) is 4.79 Å². The summed E-state index contributed by atoms with van der Waals surface area (Å²) >= 11 is 0. The zero-order chi connectivity index (χ0) is 17.1. The largest absolute Gasteiger partial charge is 0.384 e. The number of hydrogen-bond acceptors (Lipinski definition) is 4. The number of piperidine rings is 1. The van der Waals surface area contributed by atoms with Gasteiger partial charge in [-0.05, 0) is 44.7 Å². The van der Waals surface area contributed by atoms with E-state index in [4.69, 9.17) is 4.74 Å². The topological polar surface area (TPSA) is 76.0 Å². The van der Waals surface area contributed by atoms with Crippen molar-refractivity contribution in [1.82, 2.24) is 24.9 Å². The molecule has 0 radical (unpaired) electrons. The summed E-state index contributed by atoms with van der Waals surface area (Å²) in [6, 6.07) is 3.87. The van der Waals surface area contributed by atoms with Crippen LogP contribution in [0.4, 0.5) is 0 Å². The van der Waals surface area contributed by atoms with E-state index >= 15 is 0 Å². The molecule has 1 aliphatic rings. The Hall–Kier alpha value is -2.15. The molecule has 1 saturated heterocycles. The standard InChI is InChI=1S/C17H25N5O2/c1-12-7-13(2)22(20-12)10-15-8-16(19-18-15)17(23)21-6-4-5-14(9-21)11-24-3/h7-8,14H,4-6,9-11H2,1-3H3,(H,18,19)/t14-/m1/s1. The van der Waals surface area contributed by atoms with Gasteiger partial charge in [0.25, 0.3) is 5.91 Å². The molecule has 24 heavy (non-hydrogen) atoms. The SMILES string of the molecule is COC[C@@H]1CCCN(C(=O)c2cc(Cn3nc(C)cc3C)[nH]n2)C1. The van der Waals surface area contributed by atoms with E-state index in [1.807, 2.05) is 35.6 Å². The minimum atomic E-state index is -0.00771. The Bertz CT molecular complexity index is 704. The van der Waals surface area contributed by atoms with Gasteiger partial charge in [-0.1, -0.05) is 0 Å². The molecule has 1 N–H and O–H groups in total. The predicted molar refractivity (Wildman–Crippen MR) is 89.9 cm³/mol. The third kappa shape index (κ3) is 3.67. The predicted octanol–water partition coefficient (Wildman–Crippen LogP) is 1.77. The minimum absolute atomic E-state index is 0.00771. The highest BCUT2D eigenvalue weighted by molar-refractivity contribution is 5.92. The third-order valence-corrected chi connectivity index (χ3v) is 4.48. The van der Waals surface area contributed by atoms with Crippen molar-refractivity contribution in [2.24, 2.45) is 5.92 Å². The summed E-state index contributed by atoms with van der Waals surface area (Å²) in [5.41, 5.74) is 3.44. The molecule has 0 unspecified atom stereocenters. The lowest BCUT2D eigenvalue weighted by atomic mass is 9.99. The molecule has 7 nitrogen and oxygen atoms in total. The second-order valence-electron chi connectivity index (χ2n) is 6.58. The second-order valence-corrected chi connectivity index (χ2v) is 6.58. The highest BCUT2D eigenvalue weighted by atomic mass is 16.5. The smallest absolute Gasteiger partial charge is 0.274 e. The van der Waals surface area contributed by atoms with Gasteiger partial charge in [-0.15, -0.1) is 0 Å². The first-order valence-corrected chi connectivity index (χ1v) is 8.40. The number of aromatic amines is 1. The number of nitrogens with zero attached hydrogens (tertiary/aromatic N) is 4. The molecule has 0 aromatic carbocycles. The Morgan fingerprint density at radius 3 is 2.96 bits per heavy atom. The van der Waals surface area contributed by atoms with Crippen LogP contribution in [-0.2, 0) is 11.3 Å². The van der Waals surface area contributed by atoms with Crippen LogP contribution in [0, 0.1) is 19.8 Å². The number of likely N-dealkylation sites (tertiary alicyclic amines) is 1. The van der Waals surface area contributed by atoms with Crippen molar-refractivity contribution in [3.8, 4) is 0 Å². The quantitative estimate of drug-likeness (QED) is 0.906. The molecule has 1 amide bonds. The van der Waals surface area contributed by atoms with Crippen molar-refractivity contribution in [1.29, 1.82) is 0 Å². The molecule has 3 rings (SSSR count). The van der Waals surface area contributed by atoms with E-state index in [2.05, 4.69) is 15.3 Å². The fourth-order valence-corrected chi connectivity index (χ4v) is 3.33. The number of methoxy groups -OCH3 is 1. The average Bonchev–Trinajstić information content (AvgIpc) is 3.14. The van der Waals surface area contributed by atoms with Crippen LogP contribution in [0.2, 0.25) is 0 Å². The van der Waals surface area contributed by atoms with Gasteiger partial charge < -0.3 is 9.64 Å². The first kappa shape index (κ1) is 16.7. The van der Waals surface area contributed by atoms with E-state index in [0.29, 0.717) is 24.8 Å². The van der Waals surface area contributed by atoms with Crippen LogP contribution in [0.1, 0.15) is 40.4 Å². The van der Waals surface area contributed by atoms with E-state index in [1.165, 1.54) is 0 Å². The zero-order valence-electron chi connectivity index (χ0n) is 14.6. The number of carbonyl (C=O) groups excluding carboxylic acids is 1. The molecule has 130 valence electrons. The van der Waals surface area contributed by atoms with Crippen LogP contribution in [0.5, 0.6) is 0 Å². The zero-order valence-corrected chi connectivity index (χ0v) is 14.6. The van der Waals surface area contributed by atoms with Gasteiger partial charge >= 0.3 is 0 Å². The van der Waals surface area contributed by atoms with Gasteiger partial charge in [-0.25, -0.2) is 0 Å². The second kappa shape index (κ2) is 7.17. The maximum atomic E-state index is 12.7. The lowest BCUT2D eigenvalue weighted by Gasteiger charge is -2.31. The average molecular weight is 331 g/mol. The molecule has 0 saturated carbocycles.